The normalized spacial score (nSPS) is 21.1. The fraction of sp³-hybridized carbons (Fsp3) is 0.500. The zero-order valence-electron chi connectivity index (χ0n) is 7.12. The number of hydrogen-bond acceptors (Lipinski definition) is 1. The number of rotatable bonds is 5. The molecule has 1 atom stereocenters. The monoisotopic (exact) mass is 163 g/mol. The number of epoxide rings is 1. The molecular weight excluding hydrogens is 150 g/mol. The Hall–Kier alpha value is -1.07. The predicted molar refractivity (Wildman–Crippen MR) is 48.7 cm³/mol. The van der Waals surface area contributed by atoms with Crippen LogP contribution in [0.25, 0.3) is 4.85 Å². The molecule has 1 unspecified atom stereocenters. The second-order valence-corrected chi connectivity index (χ2v) is 3.02. The standard InChI is InChI=1S/C10H13NO/c1-4-6-10(11-3,7-5-2)9-8-12-9/h4-5,9H,1-2,6-8H2. The molecule has 1 aliphatic heterocycles. The van der Waals surface area contributed by atoms with Gasteiger partial charge in [-0.25, -0.2) is 6.57 Å². The summed E-state index contributed by atoms with van der Waals surface area (Å²) in [4.78, 5) is 3.64. The van der Waals surface area contributed by atoms with Gasteiger partial charge in [-0.1, -0.05) is 12.2 Å². The molecule has 0 aromatic heterocycles. The van der Waals surface area contributed by atoms with Gasteiger partial charge in [-0.05, 0) is 0 Å². The summed E-state index contributed by atoms with van der Waals surface area (Å²) in [6.45, 7) is 15.2. The fourth-order valence-electron chi connectivity index (χ4n) is 1.37. The average molecular weight is 163 g/mol. The molecule has 0 aromatic carbocycles. The van der Waals surface area contributed by atoms with Gasteiger partial charge in [-0.3, -0.25) is 0 Å². The van der Waals surface area contributed by atoms with E-state index in [4.69, 9.17) is 11.3 Å². The zero-order chi connectivity index (χ0) is 9.03. The summed E-state index contributed by atoms with van der Waals surface area (Å²) in [5.41, 5.74) is -0.413. The lowest BCUT2D eigenvalue weighted by Gasteiger charge is -2.15. The first-order valence-electron chi connectivity index (χ1n) is 4.01. The number of nitrogens with zero attached hydrogens (tertiary/aromatic N) is 1. The SMILES string of the molecule is [C-]#[N+]C(CC=C)(CC=C)C1CO1. The first-order valence-corrected chi connectivity index (χ1v) is 4.01. The molecule has 0 bridgehead atoms. The molecular formula is C10H13NO. The van der Waals surface area contributed by atoms with Crippen molar-refractivity contribution < 1.29 is 4.74 Å². The minimum atomic E-state index is -0.413. The highest BCUT2D eigenvalue weighted by Crippen LogP contribution is 2.35. The third kappa shape index (κ3) is 1.57. The molecule has 1 saturated heterocycles. The first kappa shape index (κ1) is 9.02. The fourth-order valence-corrected chi connectivity index (χ4v) is 1.37. The van der Waals surface area contributed by atoms with Crippen LogP contribution in [0.15, 0.2) is 25.3 Å². The van der Waals surface area contributed by atoms with Crippen LogP contribution >= 0.6 is 0 Å². The molecule has 1 rings (SSSR count). The van der Waals surface area contributed by atoms with E-state index in [0.29, 0.717) is 19.4 Å². The van der Waals surface area contributed by atoms with Gasteiger partial charge in [0.1, 0.15) is 0 Å². The minimum Gasteiger partial charge on any atom is -0.364 e. The van der Waals surface area contributed by atoms with Crippen molar-refractivity contribution in [1.29, 1.82) is 0 Å². The molecule has 2 nitrogen and oxygen atoms in total. The van der Waals surface area contributed by atoms with E-state index in [9.17, 15) is 0 Å². The van der Waals surface area contributed by atoms with Gasteiger partial charge in [-0.2, -0.15) is 0 Å². The highest BCUT2D eigenvalue weighted by Gasteiger charge is 2.51. The maximum absolute atomic E-state index is 7.13. The van der Waals surface area contributed by atoms with Crippen molar-refractivity contribution >= 4 is 0 Å². The Bertz CT molecular complexity index is 212. The van der Waals surface area contributed by atoms with E-state index in [0.717, 1.165) is 0 Å². The summed E-state index contributed by atoms with van der Waals surface area (Å²) in [6, 6.07) is 0. The molecule has 1 fully saturated rings. The molecule has 0 amide bonds. The molecule has 64 valence electrons. The molecule has 2 heteroatoms. The molecule has 0 radical (unpaired) electrons. The van der Waals surface area contributed by atoms with Crippen molar-refractivity contribution in [2.75, 3.05) is 6.61 Å². The van der Waals surface area contributed by atoms with E-state index in [1.165, 1.54) is 0 Å². The van der Waals surface area contributed by atoms with Crippen LogP contribution in [0.4, 0.5) is 0 Å². The zero-order valence-corrected chi connectivity index (χ0v) is 7.12. The van der Waals surface area contributed by atoms with Gasteiger partial charge in [0.15, 0.2) is 6.10 Å². The summed E-state index contributed by atoms with van der Waals surface area (Å²) in [7, 11) is 0. The molecule has 0 saturated carbocycles. The van der Waals surface area contributed by atoms with Crippen LogP contribution in [-0.4, -0.2) is 18.2 Å². The Morgan fingerprint density at radius 1 is 1.50 bits per heavy atom. The largest absolute Gasteiger partial charge is 0.364 e. The van der Waals surface area contributed by atoms with Gasteiger partial charge in [0.05, 0.1) is 6.61 Å². The van der Waals surface area contributed by atoms with Gasteiger partial charge in [-0.15, -0.1) is 13.2 Å². The highest BCUT2D eigenvalue weighted by atomic mass is 16.6. The van der Waals surface area contributed by atoms with Gasteiger partial charge in [0.2, 0.25) is 0 Å². The summed E-state index contributed by atoms with van der Waals surface area (Å²) in [5, 5.41) is 0. The molecule has 0 aromatic rings. The van der Waals surface area contributed by atoms with Crippen molar-refractivity contribution in [1.82, 2.24) is 0 Å². The van der Waals surface area contributed by atoms with Crippen molar-refractivity contribution in [3.8, 4) is 0 Å². The Morgan fingerprint density at radius 2 is 2.00 bits per heavy atom. The molecule has 0 aliphatic carbocycles. The van der Waals surface area contributed by atoms with Crippen LogP contribution in [0.1, 0.15) is 12.8 Å². The second-order valence-electron chi connectivity index (χ2n) is 3.02. The van der Waals surface area contributed by atoms with Crippen LogP contribution in [-0.2, 0) is 4.74 Å². The number of ether oxygens (including phenoxy) is 1. The Labute approximate surface area is 73.4 Å². The minimum absolute atomic E-state index is 0.103. The summed E-state index contributed by atoms with van der Waals surface area (Å²) >= 11 is 0. The quantitative estimate of drug-likeness (QED) is 0.345. The van der Waals surface area contributed by atoms with Crippen LogP contribution in [0.5, 0.6) is 0 Å². The van der Waals surface area contributed by atoms with E-state index in [-0.39, 0.29) is 6.10 Å². The molecule has 12 heavy (non-hydrogen) atoms. The van der Waals surface area contributed by atoms with Crippen molar-refractivity contribution in [3.63, 3.8) is 0 Å². The third-order valence-electron chi connectivity index (χ3n) is 2.15. The Morgan fingerprint density at radius 3 is 2.25 bits per heavy atom. The summed E-state index contributed by atoms with van der Waals surface area (Å²) < 4.78 is 5.16. The van der Waals surface area contributed by atoms with Gasteiger partial charge >= 0.3 is 0 Å². The number of hydrogen-bond donors (Lipinski definition) is 0. The topological polar surface area (TPSA) is 16.9 Å². The van der Waals surface area contributed by atoms with Gasteiger partial charge in [0, 0.05) is 12.8 Å². The third-order valence-corrected chi connectivity index (χ3v) is 2.15. The smallest absolute Gasteiger partial charge is 0.267 e. The summed E-state index contributed by atoms with van der Waals surface area (Å²) in [5.74, 6) is 0. The lowest BCUT2D eigenvalue weighted by atomic mass is 9.89. The molecule has 1 aliphatic rings. The van der Waals surface area contributed by atoms with E-state index in [1.54, 1.807) is 12.2 Å². The average Bonchev–Trinajstić information content (AvgIpc) is 2.86. The first-order chi connectivity index (χ1) is 5.79. The Kier molecular flexibility index (Phi) is 2.67. The van der Waals surface area contributed by atoms with E-state index < -0.39 is 5.54 Å². The second kappa shape index (κ2) is 3.55. The van der Waals surface area contributed by atoms with E-state index in [2.05, 4.69) is 18.0 Å². The lowest BCUT2D eigenvalue weighted by molar-refractivity contribution is 0.322. The molecule has 0 spiro atoms. The highest BCUT2D eigenvalue weighted by molar-refractivity contribution is 5.14. The van der Waals surface area contributed by atoms with Crippen molar-refractivity contribution in [3.05, 3.63) is 36.7 Å². The van der Waals surface area contributed by atoms with Crippen LogP contribution in [0.3, 0.4) is 0 Å². The lowest BCUT2D eigenvalue weighted by Crippen LogP contribution is -2.30. The van der Waals surface area contributed by atoms with E-state index in [1.807, 2.05) is 0 Å². The van der Waals surface area contributed by atoms with Crippen molar-refractivity contribution in [2.45, 2.75) is 24.5 Å². The maximum Gasteiger partial charge on any atom is 0.267 e. The van der Waals surface area contributed by atoms with E-state index >= 15 is 0 Å². The van der Waals surface area contributed by atoms with Crippen molar-refractivity contribution in [2.24, 2.45) is 0 Å². The molecule has 0 N–H and O–H groups in total. The predicted octanol–water partition coefficient (Wildman–Crippen LogP) is 2.20. The Balaban J connectivity index is 2.71. The van der Waals surface area contributed by atoms with Gasteiger partial charge in [0.25, 0.3) is 5.54 Å². The molecule has 1 heterocycles. The maximum atomic E-state index is 7.13. The van der Waals surface area contributed by atoms with Crippen LogP contribution in [0.2, 0.25) is 0 Å². The van der Waals surface area contributed by atoms with Gasteiger partial charge < -0.3 is 9.58 Å². The van der Waals surface area contributed by atoms with Crippen LogP contribution in [0, 0.1) is 6.57 Å². The van der Waals surface area contributed by atoms with Crippen LogP contribution < -0.4 is 0 Å². The summed E-state index contributed by atoms with van der Waals surface area (Å²) in [6.07, 6.45) is 5.04.